The molecule has 0 rings (SSSR count). The molecule has 0 aromatic carbocycles. The van der Waals surface area contributed by atoms with Gasteiger partial charge in [-0.15, -0.1) is 6.58 Å². The number of carbonyl (C=O) groups excluding carboxylic acids is 1. The molecule has 0 aliphatic carbocycles. The fourth-order valence-electron chi connectivity index (χ4n) is 0.721. The molecule has 0 aromatic heterocycles. The predicted molar refractivity (Wildman–Crippen MR) is 47.2 cm³/mol. The summed E-state index contributed by atoms with van der Waals surface area (Å²) >= 11 is 0. The number of amides is 1. The number of hydrogen-bond donors (Lipinski definition) is 1. The van der Waals surface area contributed by atoms with Gasteiger partial charge in [-0.2, -0.15) is 0 Å². The molecular weight excluding hydrogens is 138 g/mol. The molecule has 0 radical (unpaired) electrons. The van der Waals surface area contributed by atoms with Crippen molar-refractivity contribution in [3.8, 4) is 0 Å². The van der Waals surface area contributed by atoms with E-state index in [-0.39, 0.29) is 11.9 Å². The minimum Gasteiger partial charge on any atom is -0.346 e. The van der Waals surface area contributed by atoms with Crippen LogP contribution in [0.4, 0.5) is 0 Å². The van der Waals surface area contributed by atoms with Crippen LogP contribution in [0.3, 0.4) is 0 Å². The highest BCUT2D eigenvalue weighted by Crippen LogP contribution is 2.01. The van der Waals surface area contributed by atoms with Crippen LogP contribution < -0.4 is 5.32 Å². The minimum absolute atomic E-state index is 0.0421. The maximum atomic E-state index is 10.8. The van der Waals surface area contributed by atoms with Crippen LogP contribution in [0.2, 0.25) is 0 Å². The number of nitrogens with one attached hydrogen (secondary N) is 1. The van der Waals surface area contributed by atoms with Gasteiger partial charge in [0.15, 0.2) is 0 Å². The summed E-state index contributed by atoms with van der Waals surface area (Å²) in [5.41, 5.74) is 0. The Bertz CT molecular complexity index is 161. The van der Waals surface area contributed by atoms with E-state index in [9.17, 15) is 4.79 Å². The standard InChI is InChI=1S/C9H15NO/c1-5-8(7(3)4)10-9(11)6-2/h5-8H,1-2H2,3-4H3,(H,10,11). The summed E-state index contributed by atoms with van der Waals surface area (Å²) in [4.78, 5) is 10.8. The van der Waals surface area contributed by atoms with Crippen molar-refractivity contribution in [2.45, 2.75) is 19.9 Å². The van der Waals surface area contributed by atoms with E-state index in [1.54, 1.807) is 6.08 Å². The summed E-state index contributed by atoms with van der Waals surface area (Å²) < 4.78 is 0. The van der Waals surface area contributed by atoms with Crippen molar-refractivity contribution in [1.82, 2.24) is 5.32 Å². The second-order valence-corrected chi connectivity index (χ2v) is 2.72. The zero-order chi connectivity index (χ0) is 8.85. The molecule has 0 saturated carbocycles. The first-order valence-corrected chi connectivity index (χ1v) is 3.67. The Hall–Kier alpha value is -1.05. The minimum atomic E-state index is -0.149. The molecule has 11 heavy (non-hydrogen) atoms. The van der Waals surface area contributed by atoms with Gasteiger partial charge in [0.2, 0.25) is 5.91 Å². The van der Waals surface area contributed by atoms with Crippen LogP contribution in [0.5, 0.6) is 0 Å². The van der Waals surface area contributed by atoms with Crippen molar-refractivity contribution in [2.75, 3.05) is 0 Å². The van der Waals surface area contributed by atoms with Crippen molar-refractivity contribution in [2.24, 2.45) is 5.92 Å². The smallest absolute Gasteiger partial charge is 0.243 e. The molecule has 1 atom stereocenters. The molecule has 62 valence electrons. The predicted octanol–water partition coefficient (Wildman–Crippen LogP) is 1.50. The van der Waals surface area contributed by atoms with E-state index in [2.05, 4.69) is 18.5 Å². The molecule has 0 saturated heterocycles. The Morgan fingerprint density at radius 2 is 2.00 bits per heavy atom. The number of carbonyl (C=O) groups is 1. The van der Waals surface area contributed by atoms with Gasteiger partial charge in [0.05, 0.1) is 0 Å². The van der Waals surface area contributed by atoms with Crippen LogP contribution >= 0.6 is 0 Å². The van der Waals surface area contributed by atoms with Crippen LogP contribution in [0.1, 0.15) is 13.8 Å². The maximum absolute atomic E-state index is 10.8. The average Bonchev–Trinajstić information content (AvgIpc) is 1.99. The Morgan fingerprint density at radius 1 is 1.45 bits per heavy atom. The van der Waals surface area contributed by atoms with Gasteiger partial charge in [0, 0.05) is 6.04 Å². The van der Waals surface area contributed by atoms with Crippen molar-refractivity contribution in [3.63, 3.8) is 0 Å². The Morgan fingerprint density at radius 3 is 2.27 bits per heavy atom. The summed E-state index contributed by atoms with van der Waals surface area (Å²) in [6.07, 6.45) is 2.99. The lowest BCUT2D eigenvalue weighted by Crippen LogP contribution is -2.35. The third-order valence-electron chi connectivity index (χ3n) is 1.47. The monoisotopic (exact) mass is 153 g/mol. The van der Waals surface area contributed by atoms with Crippen LogP contribution in [0, 0.1) is 5.92 Å². The Labute approximate surface area is 68.0 Å². The molecule has 0 spiro atoms. The van der Waals surface area contributed by atoms with E-state index in [0.29, 0.717) is 5.92 Å². The molecule has 0 heterocycles. The fourth-order valence-corrected chi connectivity index (χ4v) is 0.721. The van der Waals surface area contributed by atoms with Crippen LogP contribution in [-0.4, -0.2) is 11.9 Å². The zero-order valence-corrected chi connectivity index (χ0v) is 7.13. The molecule has 2 heteroatoms. The first kappa shape index (κ1) is 9.95. The molecule has 1 N–H and O–H groups in total. The average molecular weight is 153 g/mol. The lowest BCUT2D eigenvalue weighted by atomic mass is 10.1. The van der Waals surface area contributed by atoms with Gasteiger partial charge in [-0.05, 0) is 12.0 Å². The van der Waals surface area contributed by atoms with Crippen LogP contribution in [0.15, 0.2) is 25.3 Å². The number of rotatable bonds is 4. The second kappa shape index (κ2) is 4.72. The largest absolute Gasteiger partial charge is 0.346 e. The van der Waals surface area contributed by atoms with Gasteiger partial charge in [-0.3, -0.25) is 4.79 Å². The molecule has 0 aromatic rings. The van der Waals surface area contributed by atoms with Crippen LogP contribution in [0.25, 0.3) is 0 Å². The fraction of sp³-hybridized carbons (Fsp3) is 0.444. The topological polar surface area (TPSA) is 29.1 Å². The molecule has 1 amide bonds. The van der Waals surface area contributed by atoms with Crippen molar-refractivity contribution < 1.29 is 4.79 Å². The lowest BCUT2D eigenvalue weighted by Gasteiger charge is -2.16. The van der Waals surface area contributed by atoms with Crippen molar-refractivity contribution in [1.29, 1.82) is 0 Å². The zero-order valence-electron chi connectivity index (χ0n) is 7.13. The summed E-state index contributed by atoms with van der Waals surface area (Å²) in [6, 6.07) is 0.0421. The number of hydrogen-bond acceptors (Lipinski definition) is 1. The van der Waals surface area contributed by atoms with E-state index < -0.39 is 0 Å². The van der Waals surface area contributed by atoms with Gasteiger partial charge in [0.25, 0.3) is 0 Å². The van der Waals surface area contributed by atoms with Gasteiger partial charge < -0.3 is 5.32 Å². The van der Waals surface area contributed by atoms with Gasteiger partial charge in [0.1, 0.15) is 0 Å². The quantitative estimate of drug-likeness (QED) is 0.481. The molecule has 0 aliphatic heterocycles. The Kier molecular flexibility index (Phi) is 4.27. The summed E-state index contributed by atoms with van der Waals surface area (Å²) in [5, 5.41) is 2.74. The molecule has 1 unspecified atom stereocenters. The molecule has 2 nitrogen and oxygen atoms in total. The van der Waals surface area contributed by atoms with Crippen LogP contribution in [-0.2, 0) is 4.79 Å². The maximum Gasteiger partial charge on any atom is 0.243 e. The third kappa shape index (κ3) is 3.61. The molecule has 0 fully saturated rings. The van der Waals surface area contributed by atoms with E-state index in [0.717, 1.165) is 0 Å². The lowest BCUT2D eigenvalue weighted by molar-refractivity contribution is -0.117. The van der Waals surface area contributed by atoms with Crippen molar-refractivity contribution >= 4 is 5.91 Å². The first-order valence-electron chi connectivity index (χ1n) is 3.67. The molecule has 0 aliphatic rings. The highest BCUT2D eigenvalue weighted by molar-refractivity contribution is 5.87. The highest BCUT2D eigenvalue weighted by Gasteiger charge is 2.09. The van der Waals surface area contributed by atoms with Gasteiger partial charge in [-0.25, -0.2) is 0 Å². The van der Waals surface area contributed by atoms with Gasteiger partial charge >= 0.3 is 0 Å². The van der Waals surface area contributed by atoms with Crippen molar-refractivity contribution in [3.05, 3.63) is 25.3 Å². The van der Waals surface area contributed by atoms with E-state index in [4.69, 9.17) is 0 Å². The second-order valence-electron chi connectivity index (χ2n) is 2.72. The SMILES string of the molecule is C=CC(=O)NC(C=C)C(C)C. The van der Waals surface area contributed by atoms with E-state index in [1.165, 1.54) is 6.08 Å². The molecule has 0 bridgehead atoms. The summed E-state index contributed by atoms with van der Waals surface area (Å²) in [5.74, 6) is 0.222. The third-order valence-corrected chi connectivity index (χ3v) is 1.47. The summed E-state index contributed by atoms with van der Waals surface area (Å²) in [6.45, 7) is 11.0. The van der Waals surface area contributed by atoms with E-state index >= 15 is 0 Å². The summed E-state index contributed by atoms with van der Waals surface area (Å²) in [7, 11) is 0. The Balaban J connectivity index is 3.97. The first-order chi connectivity index (χ1) is 5.11. The normalized spacial score (nSPS) is 12.3. The highest BCUT2D eigenvalue weighted by atomic mass is 16.1. The van der Waals surface area contributed by atoms with Gasteiger partial charge in [-0.1, -0.05) is 26.5 Å². The van der Waals surface area contributed by atoms with E-state index in [1.807, 2.05) is 13.8 Å². The molecular formula is C9H15NO.